The van der Waals surface area contributed by atoms with E-state index in [1.807, 2.05) is 12.1 Å². The first-order valence-electron chi connectivity index (χ1n) is 10.2. The van der Waals surface area contributed by atoms with Crippen molar-refractivity contribution < 1.29 is 9.53 Å². The second kappa shape index (κ2) is 10.9. The summed E-state index contributed by atoms with van der Waals surface area (Å²) in [5, 5.41) is 2.89. The van der Waals surface area contributed by atoms with Crippen LogP contribution in [0.1, 0.15) is 18.1 Å². The van der Waals surface area contributed by atoms with Gasteiger partial charge in [0.15, 0.2) is 0 Å². The van der Waals surface area contributed by atoms with Crippen LogP contribution in [-0.2, 0) is 22.6 Å². The monoisotopic (exact) mass is 393 g/mol. The van der Waals surface area contributed by atoms with Crippen molar-refractivity contribution in [3.63, 3.8) is 0 Å². The molecule has 2 aromatic carbocycles. The maximum atomic E-state index is 12.1. The number of anilines is 1. The van der Waals surface area contributed by atoms with Crippen molar-refractivity contribution in [3.8, 4) is 0 Å². The molecule has 29 heavy (non-hydrogen) atoms. The molecule has 1 heterocycles. The van der Waals surface area contributed by atoms with E-state index in [1.54, 1.807) is 13.0 Å². The first-order chi connectivity index (χ1) is 14.1. The minimum absolute atomic E-state index is 0.144. The maximum absolute atomic E-state index is 12.1. The van der Waals surface area contributed by atoms with E-state index in [0.717, 1.165) is 45.0 Å². The molecule has 1 unspecified atom stereocenters. The Hall–Kier alpha value is -2.47. The van der Waals surface area contributed by atoms with Crippen LogP contribution in [0.4, 0.5) is 5.69 Å². The Morgan fingerprint density at radius 3 is 2.10 bits per heavy atom. The number of nitrogens with zero attached hydrogens (tertiary/aromatic N) is 2. The fraction of sp³-hybridized carbons (Fsp3) is 0.375. The first-order valence-corrected chi connectivity index (χ1v) is 10.2. The SMILES string of the molecule is C=CCOC(C)C(=O)Nc1ccc(CN2CCN(Cc3ccccc3)CC2)cc1. The van der Waals surface area contributed by atoms with Crippen LogP contribution in [0.3, 0.4) is 0 Å². The highest BCUT2D eigenvalue weighted by Gasteiger charge is 2.17. The lowest BCUT2D eigenvalue weighted by Crippen LogP contribution is -2.45. The van der Waals surface area contributed by atoms with E-state index in [1.165, 1.54) is 11.1 Å². The number of amides is 1. The summed E-state index contributed by atoms with van der Waals surface area (Å²) in [6.45, 7) is 12.0. The van der Waals surface area contributed by atoms with E-state index in [2.05, 4.69) is 64.2 Å². The Morgan fingerprint density at radius 2 is 1.55 bits per heavy atom. The van der Waals surface area contributed by atoms with Gasteiger partial charge in [0.2, 0.25) is 0 Å². The third-order valence-corrected chi connectivity index (χ3v) is 5.17. The van der Waals surface area contributed by atoms with Crippen LogP contribution in [-0.4, -0.2) is 54.6 Å². The van der Waals surface area contributed by atoms with Gasteiger partial charge in [-0.3, -0.25) is 14.6 Å². The minimum atomic E-state index is -0.500. The van der Waals surface area contributed by atoms with Crippen molar-refractivity contribution in [3.05, 3.63) is 78.4 Å². The van der Waals surface area contributed by atoms with Crippen molar-refractivity contribution in [2.75, 3.05) is 38.1 Å². The highest BCUT2D eigenvalue weighted by Crippen LogP contribution is 2.14. The lowest BCUT2D eigenvalue weighted by atomic mass is 10.1. The molecule has 1 fully saturated rings. The van der Waals surface area contributed by atoms with Gasteiger partial charge in [-0.15, -0.1) is 6.58 Å². The number of hydrogen-bond acceptors (Lipinski definition) is 4. The summed E-state index contributed by atoms with van der Waals surface area (Å²) in [7, 11) is 0. The topological polar surface area (TPSA) is 44.8 Å². The quantitative estimate of drug-likeness (QED) is 0.662. The molecular formula is C24H31N3O2. The summed E-state index contributed by atoms with van der Waals surface area (Å²) in [6, 6.07) is 18.7. The molecule has 1 atom stereocenters. The summed E-state index contributed by atoms with van der Waals surface area (Å²) >= 11 is 0. The molecule has 5 heteroatoms. The predicted octanol–water partition coefficient (Wildman–Crippen LogP) is 3.53. The summed E-state index contributed by atoms with van der Waals surface area (Å²) < 4.78 is 5.35. The van der Waals surface area contributed by atoms with Gasteiger partial charge in [0.05, 0.1) is 6.61 Å². The van der Waals surface area contributed by atoms with Crippen molar-refractivity contribution in [1.82, 2.24) is 9.80 Å². The third kappa shape index (κ3) is 6.82. The molecule has 5 nitrogen and oxygen atoms in total. The molecular weight excluding hydrogens is 362 g/mol. The Balaban J connectivity index is 1.42. The van der Waals surface area contributed by atoms with E-state index in [4.69, 9.17) is 4.74 Å². The largest absolute Gasteiger partial charge is 0.365 e. The number of carbonyl (C=O) groups excluding carboxylic acids is 1. The van der Waals surface area contributed by atoms with Gasteiger partial charge in [-0.1, -0.05) is 48.5 Å². The van der Waals surface area contributed by atoms with E-state index >= 15 is 0 Å². The minimum Gasteiger partial charge on any atom is -0.365 e. The molecule has 1 saturated heterocycles. The van der Waals surface area contributed by atoms with Crippen molar-refractivity contribution in [2.24, 2.45) is 0 Å². The van der Waals surface area contributed by atoms with Crippen molar-refractivity contribution in [2.45, 2.75) is 26.1 Å². The Morgan fingerprint density at radius 1 is 1.00 bits per heavy atom. The van der Waals surface area contributed by atoms with E-state index in [9.17, 15) is 4.79 Å². The fourth-order valence-electron chi connectivity index (χ4n) is 3.43. The van der Waals surface area contributed by atoms with Gasteiger partial charge in [-0.25, -0.2) is 0 Å². The lowest BCUT2D eigenvalue weighted by molar-refractivity contribution is -0.125. The number of carbonyl (C=O) groups is 1. The van der Waals surface area contributed by atoms with Gasteiger partial charge >= 0.3 is 0 Å². The van der Waals surface area contributed by atoms with Gasteiger partial charge in [0.25, 0.3) is 5.91 Å². The number of rotatable bonds is 9. The summed E-state index contributed by atoms with van der Waals surface area (Å²) in [4.78, 5) is 17.1. The van der Waals surface area contributed by atoms with Crippen LogP contribution in [0.2, 0.25) is 0 Å². The summed E-state index contributed by atoms with van der Waals surface area (Å²) in [5.74, 6) is -0.144. The predicted molar refractivity (Wildman–Crippen MR) is 118 cm³/mol. The Kier molecular flexibility index (Phi) is 7.99. The Labute approximate surface area is 174 Å². The summed E-state index contributed by atoms with van der Waals surface area (Å²) in [5.41, 5.74) is 3.43. The van der Waals surface area contributed by atoms with Gasteiger partial charge in [0.1, 0.15) is 6.10 Å². The number of hydrogen-bond donors (Lipinski definition) is 1. The molecule has 1 amide bonds. The standard InChI is InChI=1S/C24H31N3O2/c1-3-17-29-20(2)24(28)25-23-11-9-22(10-12-23)19-27-15-13-26(14-16-27)18-21-7-5-4-6-8-21/h3-12,20H,1,13-19H2,2H3,(H,25,28). The smallest absolute Gasteiger partial charge is 0.253 e. The number of benzene rings is 2. The molecule has 1 aliphatic heterocycles. The third-order valence-electron chi connectivity index (χ3n) is 5.17. The van der Waals surface area contributed by atoms with E-state index < -0.39 is 6.10 Å². The van der Waals surface area contributed by atoms with Gasteiger partial charge in [-0.05, 0) is 30.2 Å². The van der Waals surface area contributed by atoms with Crippen LogP contribution in [0.5, 0.6) is 0 Å². The zero-order valence-electron chi connectivity index (χ0n) is 17.2. The normalized spacial score (nSPS) is 16.3. The molecule has 0 aromatic heterocycles. The molecule has 0 spiro atoms. The van der Waals surface area contributed by atoms with Crippen LogP contribution in [0.25, 0.3) is 0 Å². The fourth-order valence-corrected chi connectivity index (χ4v) is 3.43. The molecule has 154 valence electrons. The lowest BCUT2D eigenvalue weighted by Gasteiger charge is -2.34. The first kappa shape index (κ1) is 21.2. The zero-order valence-corrected chi connectivity index (χ0v) is 17.2. The maximum Gasteiger partial charge on any atom is 0.253 e. The van der Waals surface area contributed by atoms with Crippen LogP contribution in [0.15, 0.2) is 67.3 Å². The molecule has 0 radical (unpaired) electrons. The van der Waals surface area contributed by atoms with Crippen LogP contribution in [0, 0.1) is 0 Å². The van der Waals surface area contributed by atoms with E-state index in [-0.39, 0.29) is 5.91 Å². The second-order valence-electron chi connectivity index (χ2n) is 7.49. The molecule has 2 aromatic rings. The molecule has 0 saturated carbocycles. The average molecular weight is 394 g/mol. The summed E-state index contributed by atoms with van der Waals surface area (Å²) in [6.07, 6.45) is 1.14. The number of ether oxygens (including phenoxy) is 1. The van der Waals surface area contributed by atoms with Crippen LogP contribution < -0.4 is 5.32 Å². The molecule has 0 aliphatic carbocycles. The Bertz CT molecular complexity index is 768. The van der Waals surface area contributed by atoms with Gasteiger partial charge in [0, 0.05) is 45.0 Å². The molecule has 1 aliphatic rings. The molecule has 0 bridgehead atoms. The zero-order chi connectivity index (χ0) is 20.5. The highest BCUT2D eigenvalue weighted by molar-refractivity contribution is 5.93. The van der Waals surface area contributed by atoms with Crippen molar-refractivity contribution in [1.29, 1.82) is 0 Å². The molecule has 3 rings (SSSR count). The molecule has 1 N–H and O–H groups in total. The highest BCUT2D eigenvalue weighted by atomic mass is 16.5. The number of nitrogens with one attached hydrogen (secondary N) is 1. The van der Waals surface area contributed by atoms with Crippen LogP contribution >= 0.6 is 0 Å². The second-order valence-corrected chi connectivity index (χ2v) is 7.49. The van der Waals surface area contributed by atoms with E-state index in [0.29, 0.717) is 6.61 Å². The average Bonchev–Trinajstić information content (AvgIpc) is 2.75. The van der Waals surface area contributed by atoms with Crippen molar-refractivity contribution >= 4 is 11.6 Å². The van der Waals surface area contributed by atoms with Gasteiger partial charge in [-0.2, -0.15) is 0 Å². The van der Waals surface area contributed by atoms with Gasteiger partial charge < -0.3 is 10.1 Å². The number of piperazine rings is 1.